The van der Waals surface area contributed by atoms with Gasteiger partial charge in [-0.25, -0.2) is 9.78 Å². The Bertz CT molecular complexity index is 1130. The summed E-state index contributed by atoms with van der Waals surface area (Å²) >= 11 is 6.48. The van der Waals surface area contributed by atoms with Gasteiger partial charge in [0.05, 0.1) is 16.3 Å². The van der Waals surface area contributed by atoms with Gasteiger partial charge in [-0.3, -0.25) is 15.1 Å². The zero-order valence-corrected chi connectivity index (χ0v) is 20.3. The molecule has 3 amide bonds. The van der Waals surface area contributed by atoms with Crippen molar-refractivity contribution >= 4 is 34.9 Å². The van der Waals surface area contributed by atoms with E-state index in [1.54, 1.807) is 12.3 Å². The molecule has 0 radical (unpaired) electrons. The molecule has 1 fully saturated rings. The quantitative estimate of drug-likeness (QED) is 0.531. The number of nitrogens with one attached hydrogen (secondary N) is 2. The first-order valence-corrected chi connectivity index (χ1v) is 12.3. The third kappa shape index (κ3) is 6.54. The molecule has 0 bridgehead atoms. The fraction of sp³-hybridized carbons (Fsp3) is 0.440. The summed E-state index contributed by atoms with van der Waals surface area (Å²) in [5.41, 5.74) is 1.46. The summed E-state index contributed by atoms with van der Waals surface area (Å²) in [6.45, 7) is 1.04. The van der Waals surface area contributed by atoms with E-state index < -0.39 is 17.8 Å². The smallest absolute Gasteiger partial charge is 0.352 e. The monoisotopic (exact) mass is 521 g/mol. The molecule has 1 aliphatic heterocycles. The number of alkyl halides is 3. The van der Waals surface area contributed by atoms with Gasteiger partial charge in [0, 0.05) is 37.9 Å². The lowest BCUT2D eigenvalue weighted by Crippen LogP contribution is -2.38. The first-order valence-electron chi connectivity index (χ1n) is 11.9. The van der Waals surface area contributed by atoms with Crippen LogP contribution in [0.1, 0.15) is 55.3 Å². The van der Waals surface area contributed by atoms with Gasteiger partial charge in [-0.05, 0) is 48.6 Å². The van der Waals surface area contributed by atoms with Crippen molar-refractivity contribution in [3.05, 3.63) is 58.5 Å². The van der Waals surface area contributed by atoms with Gasteiger partial charge >= 0.3 is 12.2 Å². The summed E-state index contributed by atoms with van der Waals surface area (Å²) in [6, 6.07) is 3.33. The molecular formula is C25H27ClF3N5O2. The Hall–Kier alpha value is -3.14. The van der Waals surface area contributed by atoms with E-state index in [0.29, 0.717) is 43.0 Å². The molecule has 0 atom stereocenters. The van der Waals surface area contributed by atoms with Gasteiger partial charge in [0.2, 0.25) is 5.91 Å². The van der Waals surface area contributed by atoms with Gasteiger partial charge in [-0.2, -0.15) is 13.2 Å². The predicted octanol–water partition coefficient (Wildman–Crippen LogP) is 5.67. The number of aromatic nitrogens is 2. The molecule has 0 spiro atoms. The highest BCUT2D eigenvalue weighted by Crippen LogP contribution is 2.30. The Morgan fingerprint density at radius 2 is 1.89 bits per heavy atom. The van der Waals surface area contributed by atoms with E-state index in [4.69, 9.17) is 11.6 Å². The lowest BCUT2D eigenvalue weighted by molar-refractivity contribution is -0.137. The normalized spacial score (nSPS) is 16.9. The molecule has 1 aliphatic carbocycles. The number of carbonyl (C=O) groups excluding carboxylic acids is 2. The first kappa shape index (κ1) is 25.9. The Balaban J connectivity index is 1.30. The van der Waals surface area contributed by atoms with Crippen LogP contribution in [0.5, 0.6) is 0 Å². The molecule has 36 heavy (non-hydrogen) atoms. The van der Waals surface area contributed by atoms with Gasteiger partial charge in [-0.1, -0.05) is 36.9 Å². The molecule has 0 saturated heterocycles. The minimum absolute atomic E-state index is 0.0404. The highest BCUT2D eigenvalue weighted by atomic mass is 35.5. The minimum atomic E-state index is -4.49. The van der Waals surface area contributed by atoms with Crippen LogP contribution in [0.15, 0.2) is 36.7 Å². The molecule has 2 aliphatic rings. The van der Waals surface area contributed by atoms with Crippen molar-refractivity contribution in [1.82, 2.24) is 20.2 Å². The van der Waals surface area contributed by atoms with E-state index >= 15 is 0 Å². The number of nitrogens with zero attached hydrogens (tertiary/aromatic N) is 3. The van der Waals surface area contributed by atoms with Crippen LogP contribution in [0.3, 0.4) is 0 Å². The average molecular weight is 522 g/mol. The molecule has 1 saturated carbocycles. The third-order valence-electron chi connectivity index (χ3n) is 6.47. The predicted molar refractivity (Wildman–Crippen MR) is 130 cm³/mol. The third-order valence-corrected chi connectivity index (χ3v) is 6.75. The molecule has 3 heterocycles. The number of amides is 3. The van der Waals surface area contributed by atoms with Crippen LogP contribution >= 0.6 is 11.6 Å². The number of urea groups is 1. The van der Waals surface area contributed by atoms with Crippen LogP contribution in [-0.2, 0) is 17.5 Å². The minimum Gasteiger partial charge on any atom is -0.352 e. The van der Waals surface area contributed by atoms with Crippen molar-refractivity contribution in [2.45, 2.75) is 51.2 Å². The highest BCUT2D eigenvalue weighted by molar-refractivity contribution is 6.32. The van der Waals surface area contributed by atoms with Crippen molar-refractivity contribution in [3.63, 3.8) is 0 Å². The number of anilines is 1. The van der Waals surface area contributed by atoms with Crippen LogP contribution < -0.4 is 10.6 Å². The lowest BCUT2D eigenvalue weighted by Gasteiger charge is -2.26. The Kier molecular flexibility index (Phi) is 8.13. The van der Waals surface area contributed by atoms with E-state index in [1.165, 1.54) is 11.3 Å². The van der Waals surface area contributed by atoms with Crippen molar-refractivity contribution in [1.29, 1.82) is 0 Å². The zero-order chi connectivity index (χ0) is 25.7. The Morgan fingerprint density at radius 1 is 1.11 bits per heavy atom. The standard InChI is InChI=1S/C25H27ClF3N5O2/c26-20-12-16(14-32-23(35)18-4-2-1-3-5-18)13-31-22(20)17-8-10-34(11-9-17)24(36)33-21-7-6-19(15-30-21)25(27,28)29/h6-8,12-13,15,18H,1-5,9-11,14H2,(H,32,35)(H,30,33,36). The molecule has 0 aromatic carbocycles. The molecule has 2 N–H and O–H groups in total. The number of carbonyl (C=O) groups is 2. The van der Waals surface area contributed by atoms with Gasteiger partial charge < -0.3 is 10.2 Å². The summed E-state index contributed by atoms with van der Waals surface area (Å²) in [6.07, 6.45) is 5.52. The second kappa shape index (κ2) is 11.3. The molecule has 11 heteroatoms. The Labute approximate surface area is 212 Å². The van der Waals surface area contributed by atoms with Gasteiger partial charge in [0.1, 0.15) is 5.82 Å². The van der Waals surface area contributed by atoms with Crippen LogP contribution in [-0.4, -0.2) is 39.9 Å². The maximum absolute atomic E-state index is 12.7. The molecule has 2 aromatic rings. The largest absolute Gasteiger partial charge is 0.417 e. The summed E-state index contributed by atoms with van der Waals surface area (Å²) in [4.78, 5) is 34.5. The van der Waals surface area contributed by atoms with E-state index in [2.05, 4.69) is 20.6 Å². The number of hydrogen-bond acceptors (Lipinski definition) is 4. The number of hydrogen-bond donors (Lipinski definition) is 2. The fourth-order valence-electron chi connectivity index (χ4n) is 4.40. The van der Waals surface area contributed by atoms with E-state index in [9.17, 15) is 22.8 Å². The summed E-state index contributed by atoms with van der Waals surface area (Å²) in [7, 11) is 0. The van der Waals surface area contributed by atoms with Crippen LogP contribution in [0.4, 0.5) is 23.8 Å². The molecule has 192 valence electrons. The highest BCUT2D eigenvalue weighted by Gasteiger charge is 2.31. The first-order chi connectivity index (χ1) is 17.2. The van der Waals surface area contributed by atoms with Gasteiger partial charge in [0.15, 0.2) is 0 Å². The Morgan fingerprint density at radius 3 is 2.50 bits per heavy atom. The SMILES string of the molecule is O=C(NCc1cnc(C2=CCN(C(=O)Nc3ccc(C(F)(F)F)cn3)CC2)c(Cl)c1)C1CCCCC1. The average Bonchev–Trinajstić information content (AvgIpc) is 2.88. The lowest BCUT2D eigenvalue weighted by atomic mass is 9.88. The van der Waals surface area contributed by atoms with Crippen molar-refractivity contribution in [2.75, 3.05) is 18.4 Å². The van der Waals surface area contributed by atoms with Gasteiger partial charge in [-0.15, -0.1) is 0 Å². The second-order valence-corrected chi connectivity index (χ2v) is 9.42. The molecule has 2 aromatic heterocycles. The van der Waals surface area contributed by atoms with Crippen molar-refractivity contribution in [2.24, 2.45) is 5.92 Å². The van der Waals surface area contributed by atoms with E-state index in [1.807, 2.05) is 6.08 Å². The molecular weight excluding hydrogens is 495 g/mol. The maximum atomic E-state index is 12.7. The molecule has 0 unspecified atom stereocenters. The molecule has 4 rings (SSSR count). The number of halogens is 4. The summed E-state index contributed by atoms with van der Waals surface area (Å²) in [5, 5.41) is 5.96. The second-order valence-electron chi connectivity index (χ2n) is 9.01. The fourth-order valence-corrected chi connectivity index (χ4v) is 4.71. The molecule has 7 nitrogen and oxygen atoms in total. The van der Waals surface area contributed by atoms with E-state index in [0.717, 1.165) is 49.0 Å². The number of rotatable bonds is 5. The zero-order valence-electron chi connectivity index (χ0n) is 19.6. The van der Waals surface area contributed by atoms with Crippen LogP contribution in [0.2, 0.25) is 5.02 Å². The number of pyridine rings is 2. The van der Waals surface area contributed by atoms with Crippen molar-refractivity contribution < 1.29 is 22.8 Å². The maximum Gasteiger partial charge on any atom is 0.417 e. The topological polar surface area (TPSA) is 87.2 Å². The summed E-state index contributed by atoms with van der Waals surface area (Å²) in [5.74, 6) is 0.206. The van der Waals surface area contributed by atoms with Crippen LogP contribution in [0.25, 0.3) is 5.57 Å². The van der Waals surface area contributed by atoms with E-state index in [-0.39, 0.29) is 17.6 Å². The van der Waals surface area contributed by atoms with Crippen LogP contribution in [0, 0.1) is 5.92 Å². The van der Waals surface area contributed by atoms with Gasteiger partial charge in [0.25, 0.3) is 0 Å². The summed E-state index contributed by atoms with van der Waals surface area (Å²) < 4.78 is 38.0. The van der Waals surface area contributed by atoms with Crippen molar-refractivity contribution in [3.8, 4) is 0 Å².